The van der Waals surface area contributed by atoms with Crippen LogP contribution in [-0.4, -0.2) is 10.1 Å². The third-order valence-electron chi connectivity index (χ3n) is 1.21. The molecule has 5 heteroatoms. The minimum absolute atomic E-state index is 0.0988. The summed E-state index contributed by atoms with van der Waals surface area (Å²) >= 11 is 5.49. The monoisotopic (exact) mass is 201 g/mol. The standard InChI is InChI=1S/C7H4ClNO2S/c8-6-3-1-5(2-4-6)7(10)9-12-11/h1-4H. The first-order valence-electron chi connectivity index (χ1n) is 3.04. The van der Waals surface area contributed by atoms with Gasteiger partial charge in [0, 0.05) is 10.6 Å². The Labute approximate surface area is 77.6 Å². The molecular weight excluding hydrogens is 198 g/mol. The Morgan fingerprint density at radius 1 is 1.33 bits per heavy atom. The Hall–Kier alpha value is -1.00. The molecule has 0 saturated carbocycles. The number of amides is 1. The summed E-state index contributed by atoms with van der Waals surface area (Å²) in [5, 5.41) is 0.543. The van der Waals surface area contributed by atoms with Crippen molar-refractivity contribution < 1.29 is 9.00 Å². The van der Waals surface area contributed by atoms with Crippen LogP contribution < -0.4 is 0 Å². The third kappa shape index (κ3) is 2.25. The Balaban J connectivity index is 2.97. The summed E-state index contributed by atoms with van der Waals surface area (Å²) in [5.74, 6) is -0.535. The van der Waals surface area contributed by atoms with E-state index in [9.17, 15) is 9.00 Å². The van der Waals surface area contributed by atoms with Crippen LogP contribution in [0.15, 0.2) is 28.6 Å². The van der Waals surface area contributed by atoms with Gasteiger partial charge in [-0.15, -0.1) is 4.36 Å². The average molecular weight is 202 g/mol. The Kier molecular flexibility index (Phi) is 3.13. The lowest BCUT2D eigenvalue weighted by atomic mass is 10.2. The molecule has 0 bridgehead atoms. The van der Waals surface area contributed by atoms with Crippen molar-refractivity contribution >= 4 is 29.0 Å². The second-order valence-corrected chi connectivity index (χ2v) is 2.75. The van der Waals surface area contributed by atoms with Gasteiger partial charge in [0.05, 0.1) is 0 Å². The average Bonchev–Trinajstić information content (AvgIpc) is 2.06. The molecule has 0 aliphatic heterocycles. The number of rotatable bonds is 1. The highest BCUT2D eigenvalue weighted by Crippen LogP contribution is 2.09. The summed E-state index contributed by atoms with van der Waals surface area (Å²) in [6.07, 6.45) is 0. The van der Waals surface area contributed by atoms with Gasteiger partial charge in [-0.05, 0) is 24.3 Å². The molecule has 0 fully saturated rings. The molecule has 1 amide bonds. The lowest BCUT2D eigenvalue weighted by Crippen LogP contribution is -1.91. The Morgan fingerprint density at radius 3 is 2.42 bits per heavy atom. The van der Waals surface area contributed by atoms with Gasteiger partial charge >= 0.3 is 0 Å². The van der Waals surface area contributed by atoms with Gasteiger partial charge in [0.2, 0.25) is 11.5 Å². The van der Waals surface area contributed by atoms with Crippen molar-refractivity contribution in [2.45, 2.75) is 0 Å². The van der Waals surface area contributed by atoms with Gasteiger partial charge in [0.1, 0.15) is 0 Å². The number of carbonyl (C=O) groups excluding carboxylic acids is 1. The normalized spacial score (nSPS) is 9.08. The summed E-state index contributed by atoms with van der Waals surface area (Å²) in [6.45, 7) is 0. The molecule has 0 spiro atoms. The van der Waals surface area contributed by atoms with E-state index >= 15 is 0 Å². The number of benzene rings is 1. The molecule has 1 aromatic rings. The molecule has 0 aromatic heterocycles. The number of hydrogen-bond acceptors (Lipinski definition) is 2. The minimum Gasteiger partial charge on any atom is -0.266 e. The van der Waals surface area contributed by atoms with Gasteiger partial charge < -0.3 is 0 Å². The molecule has 62 valence electrons. The highest BCUT2D eigenvalue weighted by Gasteiger charge is 2.01. The van der Waals surface area contributed by atoms with Gasteiger partial charge in [-0.1, -0.05) is 11.6 Å². The van der Waals surface area contributed by atoms with Crippen molar-refractivity contribution in [3.05, 3.63) is 34.9 Å². The zero-order valence-electron chi connectivity index (χ0n) is 5.86. The highest BCUT2D eigenvalue weighted by atomic mass is 35.5. The molecular formula is C7H4ClNO2S. The molecule has 0 unspecified atom stereocenters. The number of hydrogen-bond donors (Lipinski definition) is 0. The highest BCUT2D eigenvalue weighted by molar-refractivity contribution is 7.55. The van der Waals surface area contributed by atoms with E-state index in [0.29, 0.717) is 10.6 Å². The number of carbonyl (C=O) groups is 1. The lowest BCUT2D eigenvalue weighted by molar-refractivity contribution is 0.101. The zero-order valence-corrected chi connectivity index (χ0v) is 7.43. The predicted octanol–water partition coefficient (Wildman–Crippen LogP) is 1.88. The van der Waals surface area contributed by atoms with Crippen LogP contribution in [0.5, 0.6) is 0 Å². The van der Waals surface area contributed by atoms with E-state index in [2.05, 4.69) is 4.36 Å². The molecule has 0 radical (unpaired) electrons. The van der Waals surface area contributed by atoms with Gasteiger partial charge in [0.15, 0.2) is 0 Å². The fourth-order valence-electron chi connectivity index (χ4n) is 0.679. The first kappa shape index (κ1) is 9.09. The quantitative estimate of drug-likeness (QED) is 0.697. The van der Waals surface area contributed by atoms with Crippen LogP contribution in [0.2, 0.25) is 5.02 Å². The fraction of sp³-hybridized carbons (Fsp3) is 0. The Morgan fingerprint density at radius 2 is 1.92 bits per heavy atom. The molecule has 0 N–H and O–H groups in total. The van der Waals surface area contributed by atoms with Gasteiger partial charge in [-0.2, -0.15) is 4.21 Å². The van der Waals surface area contributed by atoms with Crippen molar-refractivity contribution in [1.82, 2.24) is 0 Å². The zero-order chi connectivity index (χ0) is 8.97. The van der Waals surface area contributed by atoms with E-state index in [1.165, 1.54) is 12.1 Å². The molecule has 0 saturated heterocycles. The molecule has 3 nitrogen and oxygen atoms in total. The van der Waals surface area contributed by atoms with Crippen LogP contribution in [0.1, 0.15) is 10.4 Å². The summed E-state index contributed by atoms with van der Waals surface area (Å²) in [4.78, 5) is 10.9. The van der Waals surface area contributed by atoms with Crippen molar-refractivity contribution in [3.8, 4) is 0 Å². The predicted molar refractivity (Wildman–Crippen MR) is 46.4 cm³/mol. The van der Waals surface area contributed by atoms with Crippen LogP contribution in [0.4, 0.5) is 0 Å². The summed E-state index contributed by atoms with van der Waals surface area (Å²) in [6, 6.07) is 6.17. The van der Waals surface area contributed by atoms with Crippen molar-refractivity contribution in [3.63, 3.8) is 0 Å². The maximum Gasteiger partial charge on any atom is 0.290 e. The summed E-state index contributed by atoms with van der Waals surface area (Å²) < 4.78 is 13.0. The van der Waals surface area contributed by atoms with Crippen molar-refractivity contribution in [2.75, 3.05) is 0 Å². The lowest BCUT2D eigenvalue weighted by Gasteiger charge is -1.92. The van der Waals surface area contributed by atoms with Crippen LogP contribution in [0, 0.1) is 0 Å². The van der Waals surface area contributed by atoms with E-state index in [4.69, 9.17) is 11.6 Å². The van der Waals surface area contributed by atoms with E-state index in [0.717, 1.165) is 0 Å². The fourth-order valence-corrected chi connectivity index (χ4v) is 0.978. The van der Waals surface area contributed by atoms with Crippen LogP contribution in [-0.2, 0) is 11.5 Å². The van der Waals surface area contributed by atoms with Crippen LogP contribution >= 0.6 is 11.6 Å². The molecule has 1 aromatic carbocycles. The SMILES string of the molecule is O=S=NC(=O)c1ccc(Cl)cc1. The number of nitrogens with zero attached hydrogens (tertiary/aromatic N) is 1. The van der Waals surface area contributed by atoms with Crippen molar-refractivity contribution in [1.29, 1.82) is 0 Å². The molecule has 1 rings (SSSR count). The second kappa shape index (κ2) is 4.13. The smallest absolute Gasteiger partial charge is 0.266 e. The maximum atomic E-state index is 10.9. The maximum absolute atomic E-state index is 10.9. The molecule has 0 atom stereocenters. The van der Waals surface area contributed by atoms with E-state index in [1.54, 1.807) is 12.1 Å². The second-order valence-electron chi connectivity index (χ2n) is 1.98. The van der Waals surface area contributed by atoms with Gasteiger partial charge in [0.25, 0.3) is 5.91 Å². The van der Waals surface area contributed by atoms with Crippen molar-refractivity contribution in [2.24, 2.45) is 4.36 Å². The first-order valence-corrected chi connectivity index (χ1v) is 4.11. The largest absolute Gasteiger partial charge is 0.290 e. The van der Waals surface area contributed by atoms with Crippen LogP contribution in [0.3, 0.4) is 0 Å². The first-order chi connectivity index (χ1) is 5.74. The third-order valence-corrected chi connectivity index (χ3v) is 1.70. The van der Waals surface area contributed by atoms with E-state index in [-0.39, 0.29) is 11.5 Å². The van der Waals surface area contributed by atoms with Gasteiger partial charge in [-0.25, -0.2) is 0 Å². The molecule has 0 aliphatic carbocycles. The van der Waals surface area contributed by atoms with Crippen LogP contribution in [0.25, 0.3) is 0 Å². The minimum atomic E-state index is -0.535. The van der Waals surface area contributed by atoms with Gasteiger partial charge in [-0.3, -0.25) is 4.79 Å². The van der Waals surface area contributed by atoms with E-state index in [1.807, 2.05) is 0 Å². The Bertz CT molecular complexity index is 343. The summed E-state index contributed by atoms with van der Waals surface area (Å²) in [5.41, 5.74) is 0.364. The topological polar surface area (TPSA) is 46.5 Å². The molecule has 0 aliphatic rings. The molecule has 12 heavy (non-hydrogen) atoms. The van der Waals surface area contributed by atoms with E-state index < -0.39 is 5.91 Å². The summed E-state index contributed by atoms with van der Waals surface area (Å²) in [7, 11) is 0. The number of halogens is 1. The molecule has 0 heterocycles.